The van der Waals surface area contributed by atoms with Gasteiger partial charge >= 0.3 is 6.03 Å². The van der Waals surface area contributed by atoms with Crippen LogP contribution in [0.3, 0.4) is 0 Å². The number of hydrogen-bond acceptors (Lipinski definition) is 3. The second-order valence-corrected chi connectivity index (χ2v) is 4.63. The molecule has 0 aromatic carbocycles. The van der Waals surface area contributed by atoms with E-state index in [0.29, 0.717) is 19.5 Å². The minimum atomic E-state index is -0.261. The summed E-state index contributed by atoms with van der Waals surface area (Å²) in [7, 11) is 0. The average molecular weight is 281 g/mol. The van der Waals surface area contributed by atoms with Crippen LogP contribution in [0.4, 0.5) is 4.79 Å². The Kier molecular flexibility index (Phi) is 7.42. The van der Waals surface area contributed by atoms with Crippen LogP contribution in [-0.2, 0) is 6.54 Å². The third kappa shape index (κ3) is 5.88. The van der Waals surface area contributed by atoms with Crippen LogP contribution in [-0.4, -0.2) is 34.9 Å². The standard InChI is InChI=1S/C14H23N3O3/c1-2-12(11-18)16-14(20)15-8-4-6-10-17-9-5-3-7-13(17)19/h3,5,7,9,12,18H,2,4,6,8,10-11H2,1H3,(H2,15,16,20). The van der Waals surface area contributed by atoms with Crippen molar-refractivity contribution in [1.82, 2.24) is 15.2 Å². The lowest BCUT2D eigenvalue weighted by molar-refractivity contribution is 0.214. The Morgan fingerprint density at radius 2 is 2.20 bits per heavy atom. The molecule has 1 unspecified atom stereocenters. The van der Waals surface area contributed by atoms with Crippen LogP contribution in [0, 0.1) is 0 Å². The van der Waals surface area contributed by atoms with Crippen molar-refractivity contribution in [2.24, 2.45) is 0 Å². The zero-order chi connectivity index (χ0) is 14.8. The van der Waals surface area contributed by atoms with Gasteiger partial charge in [-0.1, -0.05) is 13.0 Å². The molecule has 1 rings (SSSR count). The fraction of sp³-hybridized carbons (Fsp3) is 0.571. The minimum absolute atomic E-state index is 0.00747. The molecule has 0 aliphatic heterocycles. The summed E-state index contributed by atoms with van der Waals surface area (Å²) >= 11 is 0. The molecule has 1 heterocycles. The molecule has 0 radical (unpaired) electrons. The molecule has 0 bridgehead atoms. The smallest absolute Gasteiger partial charge is 0.315 e. The SMILES string of the molecule is CCC(CO)NC(=O)NCCCCn1ccccc1=O. The summed E-state index contributed by atoms with van der Waals surface area (Å²) < 4.78 is 1.65. The van der Waals surface area contributed by atoms with Gasteiger partial charge < -0.3 is 20.3 Å². The predicted molar refractivity (Wildman–Crippen MR) is 77.6 cm³/mol. The number of urea groups is 1. The molecule has 3 N–H and O–H groups in total. The summed E-state index contributed by atoms with van der Waals surface area (Å²) in [4.78, 5) is 22.9. The van der Waals surface area contributed by atoms with E-state index in [0.717, 1.165) is 12.8 Å². The van der Waals surface area contributed by atoms with Gasteiger partial charge in [0, 0.05) is 25.4 Å². The Labute approximate surface area is 118 Å². The number of unbranched alkanes of at least 4 members (excludes halogenated alkanes) is 1. The number of rotatable bonds is 8. The van der Waals surface area contributed by atoms with E-state index in [9.17, 15) is 9.59 Å². The predicted octanol–water partition coefficient (Wildman–Crippen LogP) is 0.699. The minimum Gasteiger partial charge on any atom is -0.394 e. The van der Waals surface area contributed by atoms with Gasteiger partial charge in [0.1, 0.15) is 0 Å². The third-order valence-corrected chi connectivity index (χ3v) is 3.06. The van der Waals surface area contributed by atoms with Crippen molar-refractivity contribution in [3.63, 3.8) is 0 Å². The van der Waals surface area contributed by atoms with Crippen LogP contribution in [0.5, 0.6) is 0 Å². The molecule has 0 saturated carbocycles. The highest BCUT2D eigenvalue weighted by atomic mass is 16.3. The Morgan fingerprint density at radius 3 is 2.85 bits per heavy atom. The molecule has 0 spiro atoms. The van der Waals surface area contributed by atoms with E-state index in [1.54, 1.807) is 16.8 Å². The summed E-state index contributed by atoms with van der Waals surface area (Å²) in [5, 5.41) is 14.4. The number of pyridine rings is 1. The van der Waals surface area contributed by atoms with Crippen molar-refractivity contribution in [1.29, 1.82) is 0 Å². The number of aromatic nitrogens is 1. The summed E-state index contributed by atoms with van der Waals surface area (Å²) in [6.45, 7) is 3.05. The molecular weight excluding hydrogens is 258 g/mol. The topological polar surface area (TPSA) is 83.4 Å². The van der Waals surface area contributed by atoms with Gasteiger partial charge in [-0.15, -0.1) is 0 Å². The van der Waals surface area contributed by atoms with Gasteiger partial charge in [-0.2, -0.15) is 0 Å². The highest BCUT2D eigenvalue weighted by molar-refractivity contribution is 5.74. The highest BCUT2D eigenvalue weighted by Gasteiger charge is 2.07. The second-order valence-electron chi connectivity index (χ2n) is 4.63. The number of carbonyl (C=O) groups excluding carboxylic acids is 1. The lowest BCUT2D eigenvalue weighted by atomic mass is 10.2. The van der Waals surface area contributed by atoms with E-state index in [2.05, 4.69) is 10.6 Å². The quantitative estimate of drug-likeness (QED) is 0.613. The third-order valence-electron chi connectivity index (χ3n) is 3.06. The molecule has 6 nitrogen and oxygen atoms in total. The van der Waals surface area contributed by atoms with E-state index in [4.69, 9.17) is 5.11 Å². The van der Waals surface area contributed by atoms with Gasteiger partial charge in [0.05, 0.1) is 12.6 Å². The number of nitrogens with one attached hydrogen (secondary N) is 2. The second kappa shape index (κ2) is 9.14. The van der Waals surface area contributed by atoms with Crippen molar-refractivity contribution >= 4 is 6.03 Å². The number of nitrogens with zero attached hydrogens (tertiary/aromatic N) is 1. The molecule has 0 saturated heterocycles. The number of aliphatic hydroxyl groups excluding tert-OH is 1. The van der Waals surface area contributed by atoms with Crippen molar-refractivity contribution in [2.75, 3.05) is 13.2 Å². The molecule has 1 atom stereocenters. The number of carbonyl (C=O) groups is 1. The van der Waals surface area contributed by atoms with Crippen LogP contribution in [0.1, 0.15) is 26.2 Å². The summed E-state index contributed by atoms with van der Waals surface area (Å²) in [6.07, 6.45) is 4.07. The van der Waals surface area contributed by atoms with Crippen molar-refractivity contribution in [3.8, 4) is 0 Å². The summed E-state index contributed by atoms with van der Waals surface area (Å²) in [6, 6.07) is 4.62. The Morgan fingerprint density at radius 1 is 1.40 bits per heavy atom. The molecule has 2 amide bonds. The van der Waals surface area contributed by atoms with E-state index in [1.165, 1.54) is 6.07 Å². The molecule has 0 aliphatic rings. The van der Waals surface area contributed by atoms with Crippen molar-refractivity contribution < 1.29 is 9.90 Å². The van der Waals surface area contributed by atoms with Gasteiger partial charge in [0.2, 0.25) is 5.56 Å². The van der Waals surface area contributed by atoms with Crippen LogP contribution >= 0.6 is 0 Å². The first-order chi connectivity index (χ1) is 9.67. The van der Waals surface area contributed by atoms with Crippen molar-refractivity contribution in [3.05, 3.63) is 34.7 Å². The average Bonchev–Trinajstić information content (AvgIpc) is 2.46. The first kappa shape index (κ1) is 16.2. The lowest BCUT2D eigenvalue weighted by Crippen LogP contribution is -2.43. The van der Waals surface area contributed by atoms with Gasteiger partial charge in [0.15, 0.2) is 0 Å². The summed E-state index contributed by atoms with van der Waals surface area (Å²) in [5.41, 5.74) is -0.00747. The number of aryl methyl sites for hydroxylation is 1. The molecule has 1 aromatic rings. The molecule has 112 valence electrons. The van der Waals surface area contributed by atoms with Crippen LogP contribution in [0.2, 0.25) is 0 Å². The lowest BCUT2D eigenvalue weighted by Gasteiger charge is -2.14. The zero-order valence-corrected chi connectivity index (χ0v) is 11.8. The Hall–Kier alpha value is -1.82. The van der Waals surface area contributed by atoms with E-state index in [1.807, 2.05) is 13.0 Å². The molecule has 6 heteroatoms. The van der Waals surface area contributed by atoms with E-state index in [-0.39, 0.29) is 24.2 Å². The molecule has 0 aliphatic carbocycles. The normalized spacial score (nSPS) is 11.9. The van der Waals surface area contributed by atoms with Gasteiger partial charge in [0.25, 0.3) is 0 Å². The van der Waals surface area contributed by atoms with Gasteiger partial charge in [-0.05, 0) is 25.3 Å². The largest absolute Gasteiger partial charge is 0.394 e. The molecule has 20 heavy (non-hydrogen) atoms. The maximum absolute atomic E-state index is 11.5. The zero-order valence-electron chi connectivity index (χ0n) is 11.8. The number of hydrogen-bond donors (Lipinski definition) is 3. The maximum Gasteiger partial charge on any atom is 0.315 e. The Bertz CT molecular complexity index is 455. The van der Waals surface area contributed by atoms with Gasteiger partial charge in [-0.3, -0.25) is 4.79 Å². The van der Waals surface area contributed by atoms with Gasteiger partial charge in [-0.25, -0.2) is 4.79 Å². The van der Waals surface area contributed by atoms with Crippen molar-refractivity contribution in [2.45, 2.75) is 38.8 Å². The monoisotopic (exact) mass is 281 g/mol. The summed E-state index contributed by atoms with van der Waals surface area (Å²) in [5.74, 6) is 0. The van der Waals surface area contributed by atoms with Crippen LogP contribution in [0.25, 0.3) is 0 Å². The molecule has 1 aromatic heterocycles. The van der Waals surface area contributed by atoms with E-state index < -0.39 is 0 Å². The number of amides is 2. The highest BCUT2D eigenvalue weighted by Crippen LogP contribution is 1.92. The molecule has 0 fully saturated rings. The van der Waals surface area contributed by atoms with Crippen LogP contribution < -0.4 is 16.2 Å². The maximum atomic E-state index is 11.5. The molecular formula is C14H23N3O3. The van der Waals surface area contributed by atoms with Crippen LogP contribution in [0.15, 0.2) is 29.2 Å². The number of aliphatic hydroxyl groups is 1. The Balaban J connectivity index is 2.15. The fourth-order valence-electron chi connectivity index (χ4n) is 1.77. The fourth-order valence-corrected chi connectivity index (χ4v) is 1.77. The van der Waals surface area contributed by atoms with E-state index >= 15 is 0 Å². The first-order valence-corrected chi connectivity index (χ1v) is 6.98. The first-order valence-electron chi connectivity index (χ1n) is 6.98.